The van der Waals surface area contributed by atoms with Crippen LogP contribution in [-0.4, -0.2) is 48.7 Å². The van der Waals surface area contributed by atoms with Gasteiger partial charge in [-0.1, -0.05) is 13.3 Å². The van der Waals surface area contributed by atoms with E-state index in [0.717, 1.165) is 62.5 Å². The molecule has 0 unspecified atom stereocenters. The maximum Gasteiger partial charge on any atom is 0.220 e. The number of methoxy groups -OCH3 is 1. The molecule has 0 amide bonds. The Bertz CT molecular complexity index is 613. The summed E-state index contributed by atoms with van der Waals surface area (Å²) in [7, 11) is 1.65. The van der Waals surface area contributed by atoms with Crippen LogP contribution in [0.25, 0.3) is 0 Å². The van der Waals surface area contributed by atoms with Gasteiger partial charge in [0.15, 0.2) is 5.82 Å². The lowest BCUT2D eigenvalue weighted by Crippen LogP contribution is -2.32. The number of rotatable bonds is 6. The lowest BCUT2D eigenvalue weighted by molar-refractivity contribution is 0.226. The molecule has 0 aromatic carbocycles. The highest BCUT2D eigenvalue weighted by molar-refractivity contribution is 5.31. The molecule has 1 aliphatic heterocycles. The van der Waals surface area contributed by atoms with Gasteiger partial charge in [0.25, 0.3) is 0 Å². The summed E-state index contributed by atoms with van der Waals surface area (Å²) >= 11 is 0. The number of nitrogens with zero attached hydrogens (tertiary/aromatic N) is 7. The van der Waals surface area contributed by atoms with Gasteiger partial charge in [0.1, 0.15) is 6.33 Å². The summed E-state index contributed by atoms with van der Waals surface area (Å²) in [4.78, 5) is 10.9. The van der Waals surface area contributed by atoms with Gasteiger partial charge in [-0.25, -0.2) is 14.6 Å². The quantitative estimate of drug-likeness (QED) is 0.781. The molecule has 0 spiro atoms. The van der Waals surface area contributed by atoms with E-state index >= 15 is 0 Å². The predicted octanol–water partition coefficient (Wildman–Crippen LogP) is 0.830. The number of tetrazole rings is 1. The van der Waals surface area contributed by atoms with Gasteiger partial charge in [0.2, 0.25) is 5.88 Å². The van der Waals surface area contributed by atoms with Crippen LogP contribution in [0.3, 0.4) is 0 Å². The first-order valence-electron chi connectivity index (χ1n) is 7.66. The topological polar surface area (TPSA) is 81.9 Å². The van der Waals surface area contributed by atoms with Crippen molar-refractivity contribution in [2.75, 3.05) is 13.7 Å². The van der Waals surface area contributed by atoms with Crippen LogP contribution in [0, 0.1) is 0 Å². The maximum absolute atomic E-state index is 5.35. The monoisotopic (exact) mass is 303 g/mol. The molecule has 2 aromatic heterocycles. The summed E-state index contributed by atoms with van der Waals surface area (Å²) in [6, 6.07) is 0. The second-order valence-corrected chi connectivity index (χ2v) is 5.44. The zero-order valence-corrected chi connectivity index (χ0v) is 13.1. The highest BCUT2D eigenvalue weighted by Gasteiger charge is 2.23. The van der Waals surface area contributed by atoms with Gasteiger partial charge in [-0.2, -0.15) is 0 Å². The van der Waals surface area contributed by atoms with Crippen LogP contribution in [0.15, 0.2) is 6.33 Å². The first kappa shape index (κ1) is 14.8. The molecule has 0 fully saturated rings. The molecule has 1 aliphatic rings. The Labute approximate surface area is 129 Å². The Morgan fingerprint density at radius 1 is 1.32 bits per heavy atom. The fourth-order valence-corrected chi connectivity index (χ4v) is 2.70. The molecule has 0 aliphatic carbocycles. The van der Waals surface area contributed by atoms with Gasteiger partial charge in [-0.05, 0) is 16.8 Å². The Morgan fingerprint density at radius 2 is 2.23 bits per heavy atom. The first-order chi connectivity index (χ1) is 10.8. The number of aryl methyl sites for hydroxylation is 1. The zero-order chi connectivity index (χ0) is 15.4. The van der Waals surface area contributed by atoms with E-state index in [-0.39, 0.29) is 0 Å². The summed E-state index contributed by atoms with van der Waals surface area (Å²) in [5.74, 6) is 1.58. The number of aromatic nitrogens is 6. The second kappa shape index (κ2) is 6.78. The Balaban J connectivity index is 1.71. The van der Waals surface area contributed by atoms with Crippen LogP contribution >= 0.6 is 0 Å². The molecule has 3 heterocycles. The molecular weight excluding hydrogens is 282 g/mol. The highest BCUT2D eigenvalue weighted by atomic mass is 16.5. The smallest absolute Gasteiger partial charge is 0.220 e. The van der Waals surface area contributed by atoms with E-state index in [1.807, 2.05) is 4.68 Å². The van der Waals surface area contributed by atoms with Gasteiger partial charge in [0, 0.05) is 31.6 Å². The van der Waals surface area contributed by atoms with Gasteiger partial charge < -0.3 is 4.74 Å². The summed E-state index contributed by atoms with van der Waals surface area (Å²) in [5, 5.41) is 12.0. The van der Waals surface area contributed by atoms with Crippen molar-refractivity contribution < 1.29 is 4.74 Å². The number of ether oxygens (including phenoxy) is 1. The fourth-order valence-electron chi connectivity index (χ4n) is 2.70. The molecule has 0 saturated heterocycles. The van der Waals surface area contributed by atoms with Gasteiger partial charge in [-0.15, -0.1) is 5.10 Å². The third-order valence-corrected chi connectivity index (χ3v) is 3.93. The van der Waals surface area contributed by atoms with Crippen LogP contribution in [0.1, 0.15) is 36.8 Å². The molecule has 0 atom stereocenters. The Kier molecular flexibility index (Phi) is 4.57. The van der Waals surface area contributed by atoms with E-state index in [9.17, 15) is 0 Å². The average molecular weight is 303 g/mol. The van der Waals surface area contributed by atoms with Crippen molar-refractivity contribution in [3.63, 3.8) is 0 Å². The third kappa shape index (κ3) is 3.06. The van der Waals surface area contributed by atoms with E-state index in [4.69, 9.17) is 4.74 Å². The lowest BCUT2D eigenvalue weighted by Gasteiger charge is -2.27. The van der Waals surface area contributed by atoms with Crippen molar-refractivity contribution in [2.45, 2.75) is 45.8 Å². The summed E-state index contributed by atoms with van der Waals surface area (Å²) in [5.41, 5.74) is 2.15. The highest BCUT2D eigenvalue weighted by Crippen LogP contribution is 2.24. The van der Waals surface area contributed by atoms with E-state index in [2.05, 4.69) is 37.3 Å². The van der Waals surface area contributed by atoms with Crippen LogP contribution in [0.5, 0.6) is 5.88 Å². The molecule has 0 N–H and O–H groups in total. The van der Waals surface area contributed by atoms with Crippen molar-refractivity contribution in [1.82, 2.24) is 35.1 Å². The minimum absolute atomic E-state index is 0.667. The molecule has 118 valence electrons. The fraction of sp³-hybridized carbons (Fsp3) is 0.643. The summed E-state index contributed by atoms with van der Waals surface area (Å²) in [6.45, 7) is 5.47. The third-order valence-electron chi connectivity index (χ3n) is 3.93. The molecule has 3 rings (SSSR count). The van der Waals surface area contributed by atoms with Crippen LogP contribution in [0.4, 0.5) is 0 Å². The number of fused-ring (bicyclic) bond motifs is 1. The van der Waals surface area contributed by atoms with E-state index in [1.54, 1.807) is 13.4 Å². The van der Waals surface area contributed by atoms with Gasteiger partial charge in [0.05, 0.1) is 19.3 Å². The van der Waals surface area contributed by atoms with Gasteiger partial charge >= 0.3 is 0 Å². The molecule has 2 aromatic rings. The average Bonchev–Trinajstić information content (AvgIpc) is 2.99. The van der Waals surface area contributed by atoms with Crippen LogP contribution in [-0.2, 0) is 26.1 Å². The summed E-state index contributed by atoms with van der Waals surface area (Å²) < 4.78 is 7.25. The SMILES string of the molecule is CCCCn1nnnc1CN1CCc2ncnc(OC)c2C1. The maximum atomic E-state index is 5.35. The molecule has 22 heavy (non-hydrogen) atoms. The Hall–Kier alpha value is -2.09. The second-order valence-electron chi connectivity index (χ2n) is 5.44. The number of hydrogen-bond donors (Lipinski definition) is 0. The zero-order valence-electron chi connectivity index (χ0n) is 13.1. The van der Waals surface area contributed by atoms with Crippen LogP contribution < -0.4 is 4.74 Å². The first-order valence-corrected chi connectivity index (χ1v) is 7.66. The molecule has 0 bridgehead atoms. The van der Waals surface area contributed by atoms with E-state index in [1.165, 1.54) is 0 Å². The lowest BCUT2D eigenvalue weighted by atomic mass is 10.1. The van der Waals surface area contributed by atoms with Crippen molar-refractivity contribution >= 4 is 0 Å². The minimum atomic E-state index is 0.667. The number of hydrogen-bond acceptors (Lipinski definition) is 7. The standard InChI is InChI=1S/C14H21N7O/c1-3-4-6-21-13(17-18-19-21)9-20-7-5-12-11(8-20)14(22-2)16-10-15-12/h10H,3-9H2,1-2H3. The predicted molar refractivity (Wildman–Crippen MR) is 79.1 cm³/mol. The molecule has 0 radical (unpaired) electrons. The normalized spacial score (nSPS) is 14.8. The minimum Gasteiger partial charge on any atom is -0.481 e. The van der Waals surface area contributed by atoms with Crippen molar-refractivity contribution in [3.8, 4) is 5.88 Å². The van der Waals surface area contributed by atoms with Crippen molar-refractivity contribution in [2.24, 2.45) is 0 Å². The Morgan fingerprint density at radius 3 is 3.05 bits per heavy atom. The van der Waals surface area contributed by atoms with E-state index < -0.39 is 0 Å². The van der Waals surface area contributed by atoms with E-state index in [0.29, 0.717) is 5.88 Å². The van der Waals surface area contributed by atoms with Crippen molar-refractivity contribution in [1.29, 1.82) is 0 Å². The number of unbranched alkanes of at least 4 members (excludes halogenated alkanes) is 1. The molecule has 0 saturated carbocycles. The summed E-state index contributed by atoms with van der Waals surface area (Å²) in [6.07, 6.45) is 4.68. The molecule has 8 heteroatoms. The molecule has 8 nitrogen and oxygen atoms in total. The largest absolute Gasteiger partial charge is 0.481 e. The van der Waals surface area contributed by atoms with Crippen molar-refractivity contribution in [3.05, 3.63) is 23.4 Å². The molecular formula is C14H21N7O. The van der Waals surface area contributed by atoms with Crippen LogP contribution in [0.2, 0.25) is 0 Å². The van der Waals surface area contributed by atoms with Gasteiger partial charge in [-0.3, -0.25) is 4.90 Å².